The van der Waals surface area contributed by atoms with E-state index in [0.29, 0.717) is 30.1 Å². The lowest BCUT2D eigenvalue weighted by molar-refractivity contribution is -0.133. The number of carbonyl (C=O) groups excluding carboxylic acids is 21. The third kappa shape index (κ3) is 41.1. The molecule has 9 heterocycles. The minimum Gasteiger partial charge on any atom is -0.469 e. The van der Waals surface area contributed by atoms with Gasteiger partial charge in [-0.1, -0.05) is 61.4 Å². The SMILES string of the molecule is C=CCC1NC(=O)C=CC(=O)NC(C(N)=O)CCCC(=O)C(CCCNC(=O)c2cnccn2)NC(=O)C(Cc2ccco2)NC1=O.NC(=O)C1CCCC(=O)C(CCCNC(=O)c2cnccn2)NC(=O)C(Cc2ccco2)NC(=O)C(C/C=C/c2ccccc2)NC(=O)C=CC(=O)N1.NC(=O)C1CCCC(=O)C(CCCNC(=O)c2cnccn2)NC(=O)C(Cc2ccco2)NC(=O)C(CC2CC2)NC(=O)C=CC(=O)N1. The quantitative estimate of drug-likeness (QED) is 0.0186. The molecule has 0 spiro atoms. The molecule has 1 aromatic carbocycles. The van der Waals surface area contributed by atoms with E-state index in [1.165, 1.54) is 80.6 Å². The van der Waals surface area contributed by atoms with E-state index < -0.39 is 179 Å². The molecule has 7 aromatic rings. The minimum atomic E-state index is -1.24. The molecule has 0 saturated heterocycles. The van der Waals surface area contributed by atoms with Crippen molar-refractivity contribution in [2.24, 2.45) is 23.1 Å². The van der Waals surface area contributed by atoms with E-state index in [-0.39, 0.29) is 182 Å². The first-order chi connectivity index (χ1) is 71.2. The second kappa shape index (κ2) is 60.8. The molecule has 21 N–H and O–H groups in total. The van der Waals surface area contributed by atoms with E-state index in [1.807, 2.05) is 30.3 Å². The number of hydrogen-bond acceptors (Lipinski definition) is 30. The summed E-state index contributed by atoms with van der Waals surface area (Å²) >= 11 is 0. The summed E-state index contributed by atoms with van der Waals surface area (Å²) in [5, 5.41) is 39.2. The van der Waals surface area contributed by atoms with Crippen molar-refractivity contribution in [1.82, 2.24) is 110 Å². The predicted molar refractivity (Wildman–Crippen MR) is 525 cm³/mol. The van der Waals surface area contributed by atoms with E-state index in [4.69, 9.17) is 30.5 Å². The van der Waals surface area contributed by atoms with Gasteiger partial charge in [0.25, 0.3) is 17.7 Å². The molecule has 1 saturated carbocycles. The standard InChI is InChI=1S/C37H42N8O8.C32H40N8O8.C31H38N8O8/c38-34(49)27-12-5-15-31(46)26(14-6-18-41-35(50)30-23-39-19-20-40-30)44-37(52)29(22-25-11-7-21-53-25)45-36(51)28(43-33(48)17-16-32(47)42-27)13-4-10-24-8-2-1-3-9-24;33-29(44)22-5-1-7-26(41)21(6-2-12-36-30(45)25-18-34-13-14-35-25)39-32(47)24(17-20-4-3-15-48-20)40-31(46)23(16-19-8-9-19)38-28(43)11-10-27(42)37-22;1-2-6-22-30(45)39-23(17-19-7-5-16-47-19)31(46)38-20(9-4-13-35-29(44)24-18-33-14-15-34-24)25(40)10-3-8-21(28(32)43)36-26(41)11-12-27(42)37-22/h1-4,7-11,16-17,19-21,23,26-29H,5-6,12-15,18,22H2,(H2,38,49)(H,41,50)(H,42,47)(H,43,48)(H,44,52)(H,45,51);3-4,10-11,13-15,18-19,21-24H,1-2,5-9,12,16-17H2,(H2,33,44)(H,36,45)(H,37,42)(H,38,43)(H,39,47)(H,40,46);2,5,7,11-12,14-16,18,20-23H,1,3-4,6,8-10,13,17H2,(H2,32,43)(H,35,44)(H,36,41)(H,37,42)(H,38,46)(H,39,45)/b10-4+,17-16?;;. The maximum absolute atomic E-state index is 13.9. The lowest BCUT2D eigenvalue weighted by Gasteiger charge is -2.25. The molecule has 48 nitrogen and oxygen atoms in total. The second-order valence-corrected chi connectivity index (χ2v) is 34.6. The van der Waals surface area contributed by atoms with Crippen molar-refractivity contribution < 1.29 is 114 Å². The van der Waals surface area contributed by atoms with Gasteiger partial charge in [0.05, 0.1) is 55.5 Å². The highest BCUT2D eigenvalue weighted by Crippen LogP contribution is 2.34. The van der Waals surface area contributed by atoms with E-state index in [2.05, 4.69) is 116 Å². The molecule has 4 aliphatic rings. The van der Waals surface area contributed by atoms with Crippen molar-refractivity contribution in [3.05, 3.63) is 236 Å². The molecule has 148 heavy (non-hydrogen) atoms. The number of nitrogens with one attached hydrogen (secondary N) is 15. The predicted octanol–water partition coefficient (Wildman–Crippen LogP) is -0.852. The first-order valence-corrected chi connectivity index (χ1v) is 47.9. The summed E-state index contributed by atoms with van der Waals surface area (Å²) in [6, 6.07) is 5.45. The van der Waals surface area contributed by atoms with E-state index in [1.54, 1.807) is 48.6 Å². The van der Waals surface area contributed by atoms with Gasteiger partial charge >= 0.3 is 0 Å². The Morgan fingerprint density at radius 3 is 0.953 bits per heavy atom. The monoisotopic (exact) mass is 2040 g/mol. The fraction of sp³-hybridized carbons (Fsp3) is 0.390. The summed E-state index contributed by atoms with van der Waals surface area (Å²) in [6.07, 6.45) is 30.2. The van der Waals surface area contributed by atoms with Gasteiger partial charge in [-0.25, -0.2) is 15.0 Å². The van der Waals surface area contributed by atoms with Gasteiger partial charge < -0.3 is 110 Å². The molecule has 1 aliphatic carbocycles. The highest BCUT2D eigenvalue weighted by Gasteiger charge is 2.38. The number of furan rings is 3. The molecule has 1 fully saturated rings. The number of carbonyl (C=O) groups is 21. The maximum atomic E-state index is 13.9. The van der Waals surface area contributed by atoms with Crippen LogP contribution >= 0.6 is 0 Å². The van der Waals surface area contributed by atoms with Gasteiger partial charge in [-0.3, -0.25) is 116 Å². The van der Waals surface area contributed by atoms with Crippen LogP contribution in [0, 0.1) is 5.92 Å². The summed E-state index contributed by atoms with van der Waals surface area (Å²) in [4.78, 5) is 295. The number of nitrogens with zero attached hydrogens (tertiary/aromatic N) is 6. The Balaban J connectivity index is 0.000000247. The Morgan fingerprint density at radius 2 is 0.655 bits per heavy atom. The van der Waals surface area contributed by atoms with Crippen LogP contribution in [0.4, 0.5) is 0 Å². The van der Waals surface area contributed by atoms with Crippen LogP contribution in [0.3, 0.4) is 0 Å². The number of Topliss-reactive ketones (excluding diaryl/α,β-unsaturated/α-hetero) is 3. The van der Waals surface area contributed by atoms with Gasteiger partial charge in [-0.2, -0.15) is 0 Å². The molecular formula is C100H120N24O24. The number of benzene rings is 1. The van der Waals surface area contributed by atoms with Crippen LogP contribution in [0.25, 0.3) is 6.08 Å². The van der Waals surface area contributed by atoms with Crippen LogP contribution in [-0.2, 0) is 106 Å². The number of ketones is 3. The molecule has 11 rings (SSSR count). The smallest absolute Gasteiger partial charge is 0.271 e. The lowest BCUT2D eigenvalue weighted by Crippen LogP contribution is -2.56. The number of nitrogens with two attached hydrogens (primary N) is 3. The van der Waals surface area contributed by atoms with Crippen LogP contribution in [0.5, 0.6) is 0 Å². The molecule has 3 aliphatic heterocycles. The summed E-state index contributed by atoms with van der Waals surface area (Å²) < 4.78 is 16.3. The van der Waals surface area contributed by atoms with Crippen molar-refractivity contribution in [2.45, 2.75) is 220 Å². The molecule has 12 atom stereocenters. The zero-order chi connectivity index (χ0) is 107. The maximum Gasteiger partial charge on any atom is 0.271 e. The van der Waals surface area contributed by atoms with Crippen LogP contribution in [-0.4, -0.2) is 246 Å². The first kappa shape index (κ1) is 114. The Kier molecular flexibility index (Phi) is 46.9. The first-order valence-electron chi connectivity index (χ1n) is 47.9. The molecule has 12 unspecified atom stereocenters. The van der Waals surface area contributed by atoms with Crippen molar-refractivity contribution in [3.8, 4) is 0 Å². The Labute approximate surface area is 848 Å². The van der Waals surface area contributed by atoms with Crippen molar-refractivity contribution >= 4 is 130 Å². The minimum absolute atomic E-state index is 0.00669. The molecule has 48 heteroatoms. The molecule has 0 radical (unpaired) electrons. The third-order valence-corrected chi connectivity index (χ3v) is 23.2. The van der Waals surface area contributed by atoms with Gasteiger partial charge in [-0.15, -0.1) is 6.58 Å². The number of aromatic nitrogens is 6. The third-order valence-electron chi connectivity index (χ3n) is 23.2. The van der Waals surface area contributed by atoms with Crippen LogP contribution in [0.2, 0.25) is 0 Å². The average Bonchev–Trinajstić information content (AvgIpc) is 1.61. The number of amides is 18. The van der Waals surface area contributed by atoms with Crippen LogP contribution < -0.4 is 97.0 Å². The van der Waals surface area contributed by atoms with Crippen molar-refractivity contribution in [3.63, 3.8) is 0 Å². The molecule has 6 aromatic heterocycles. The Hall–Kier alpha value is -17.5. The number of rotatable bonds is 31. The highest BCUT2D eigenvalue weighted by atomic mass is 16.3. The molecule has 18 amide bonds. The zero-order valence-electron chi connectivity index (χ0n) is 80.8. The second-order valence-electron chi connectivity index (χ2n) is 34.6. The van der Waals surface area contributed by atoms with Gasteiger partial charge in [0.2, 0.25) is 88.6 Å². The topological polar surface area (TPSA) is 734 Å². The Morgan fingerprint density at radius 1 is 0.351 bits per heavy atom. The van der Waals surface area contributed by atoms with Gasteiger partial charge in [0.1, 0.15) is 88.7 Å². The number of primary amides is 3. The molecular weight excluding hydrogens is 1920 g/mol. The van der Waals surface area contributed by atoms with Gasteiger partial charge in [0, 0.05) is 132 Å². The van der Waals surface area contributed by atoms with Crippen molar-refractivity contribution in [1.29, 1.82) is 0 Å². The van der Waals surface area contributed by atoms with E-state index >= 15 is 0 Å². The Bertz CT molecular complexity index is 5850. The van der Waals surface area contributed by atoms with E-state index in [9.17, 15) is 101 Å². The van der Waals surface area contributed by atoms with Crippen LogP contribution in [0.1, 0.15) is 183 Å². The summed E-state index contributed by atoms with van der Waals surface area (Å²) in [6.45, 7) is 4.05. The van der Waals surface area contributed by atoms with Gasteiger partial charge in [-0.05, 0) is 144 Å². The summed E-state index contributed by atoms with van der Waals surface area (Å²) in [5.74, 6) is -12.4. The molecule has 784 valence electrons. The fourth-order valence-corrected chi connectivity index (χ4v) is 15.2. The van der Waals surface area contributed by atoms with E-state index in [0.717, 1.165) is 54.9 Å². The zero-order valence-corrected chi connectivity index (χ0v) is 80.8. The average molecular weight is 2040 g/mol. The lowest BCUT2D eigenvalue weighted by atomic mass is 9.99. The largest absolute Gasteiger partial charge is 0.469 e. The highest BCUT2D eigenvalue weighted by molar-refractivity contribution is 6.04. The number of hydrogen-bond donors (Lipinski definition) is 18. The summed E-state index contributed by atoms with van der Waals surface area (Å²) in [7, 11) is 0. The normalized spacial score (nSPS) is 21.8. The summed E-state index contributed by atoms with van der Waals surface area (Å²) in [5.41, 5.74) is 17.6. The van der Waals surface area contributed by atoms with Crippen LogP contribution in [0.15, 0.2) is 210 Å². The fourth-order valence-electron chi connectivity index (χ4n) is 15.2. The molecule has 0 bridgehead atoms. The van der Waals surface area contributed by atoms with Crippen molar-refractivity contribution in [2.75, 3.05) is 19.6 Å². The van der Waals surface area contributed by atoms with Gasteiger partial charge in [0.15, 0.2) is 17.3 Å².